The first-order chi connectivity index (χ1) is 16.4. The van der Waals surface area contributed by atoms with E-state index in [1.54, 1.807) is 0 Å². The maximum Gasteiger partial charge on any atom is 0.256 e. The van der Waals surface area contributed by atoms with Crippen LogP contribution in [0.3, 0.4) is 0 Å². The molecule has 0 N–H and O–H groups in total. The average molecular weight is 422 g/mol. The molecular formula is C28H19BN4. The Morgan fingerprint density at radius 1 is 0.485 bits per heavy atom. The molecule has 2 aromatic heterocycles. The largest absolute Gasteiger partial charge is 0.311 e. The van der Waals surface area contributed by atoms with Crippen LogP contribution in [0.4, 0.5) is 34.1 Å². The number of benzene rings is 3. The van der Waals surface area contributed by atoms with Gasteiger partial charge in [-0.05, 0) is 64.9 Å². The number of hydrogen-bond donors (Lipinski definition) is 0. The standard InChI is InChI=1S/C28H19BN4/c1-3-8-20(9-4-1)32-24-14-16-30-18-22(24)29-23-19-31-17-15-25(23)33(21-10-5-2-6-11-21)27-13-7-12-26(32)28(27)29/h1-19H. The van der Waals surface area contributed by atoms with Gasteiger partial charge in [0.1, 0.15) is 0 Å². The Balaban J connectivity index is 1.58. The molecule has 0 fully saturated rings. The summed E-state index contributed by atoms with van der Waals surface area (Å²) in [5, 5.41) is 0. The van der Waals surface area contributed by atoms with Crippen LogP contribution in [0.15, 0.2) is 116 Å². The van der Waals surface area contributed by atoms with Crippen LogP contribution in [0, 0.1) is 0 Å². The Kier molecular flexibility index (Phi) is 3.90. The first-order valence-electron chi connectivity index (χ1n) is 11.1. The van der Waals surface area contributed by atoms with Crippen LogP contribution in [0.2, 0.25) is 0 Å². The molecule has 4 heterocycles. The molecule has 0 spiro atoms. The van der Waals surface area contributed by atoms with Gasteiger partial charge in [-0.2, -0.15) is 0 Å². The minimum Gasteiger partial charge on any atom is -0.311 e. The summed E-state index contributed by atoms with van der Waals surface area (Å²) in [5.41, 5.74) is 10.7. The normalized spacial score (nSPS) is 13.3. The van der Waals surface area contributed by atoms with E-state index in [0.717, 1.165) is 22.7 Å². The van der Waals surface area contributed by atoms with E-state index in [-0.39, 0.29) is 6.71 Å². The monoisotopic (exact) mass is 422 g/mol. The predicted molar refractivity (Wildman–Crippen MR) is 136 cm³/mol. The minimum atomic E-state index is 0.0727. The molecule has 5 aromatic rings. The third-order valence-corrected chi connectivity index (χ3v) is 6.62. The van der Waals surface area contributed by atoms with Crippen molar-refractivity contribution in [1.29, 1.82) is 0 Å². The number of fused-ring (bicyclic) bond motifs is 4. The van der Waals surface area contributed by atoms with Crippen LogP contribution in [0.1, 0.15) is 0 Å². The van der Waals surface area contributed by atoms with Gasteiger partial charge in [0.15, 0.2) is 0 Å². The SMILES string of the molecule is c1ccc(N2c3ccncc3B3c4cnccc4N(c4ccccc4)c4cccc2c43)cc1. The smallest absolute Gasteiger partial charge is 0.256 e. The van der Waals surface area contributed by atoms with Gasteiger partial charge in [0.2, 0.25) is 0 Å². The molecule has 7 rings (SSSR count). The van der Waals surface area contributed by atoms with Gasteiger partial charge in [0, 0.05) is 58.9 Å². The van der Waals surface area contributed by atoms with Crippen LogP contribution in [-0.2, 0) is 0 Å². The van der Waals surface area contributed by atoms with Crippen molar-refractivity contribution in [1.82, 2.24) is 9.97 Å². The Labute approximate surface area is 192 Å². The summed E-state index contributed by atoms with van der Waals surface area (Å²) in [7, 11) is 0. The number of hydrogen-bond acceptors (Lipinski definition) is 4. The molecular weight excluding hydrogens is 403 g/mol. The number of anilines is 6. The van der Waals surface area contributed by atoms with Crippen LogP contribution in [0.25, 0.3) is 0 Å². The molecule has 33 heavy (non-hydrogen) atoms. The highest BCUT2D eigenvalue weighted by Crippen LogP contribution is 2.42. The van der Waals surface area contributed by atoms with Crippen molar-refractivity contribution in [3.63, 3.8) is 0 Å². The third kappa shape index (κ3) is 2.59. The van der Waals surface area contributed by atoms with Crippen molar-refractivity contribution in [3.8, 4) is 0 Å². The first kappa shape index (κ1) is 18.2. The number of para-hydroxylation sites is 2. The Hall–Kier alpha value is -4.38. The van der Waals surface area contributed by atoms with Crippen LogP contribution in [0.5, 0.6) is 0 Å². The summed E-state index contributed by atoms with van der Waals surface area (Å²) >= 11 is 0. The van der Waals surface area contributed by atoms with E-state index in [9.17, 15) is 0 Å². The molecule has 5 heteroatoms. The summed E-state index contributed by atoms with van der Waals surface area (Å²) in [6.45, 7) is 0.0727. The zero-order valence-electron chi connectivity index (χ0n) is 17.8. The van der Waals surface area contributed by atoms with E-state index in [1.807, 2.05) is 24.8 Å². The van der Waals surface area contributed by atoms with Gasteiger partial charge in [-0.25, -0.2) is 0 Å². The third-order valence-electron chi connectivity index (χ3n) is 6.62. The number of pyridine rings is 2. The topological polar surface area (TPSA) is 32.3 Å². The average Bonchev–Trinajstić information content (AvgIpc) is 2.89. The molecule has 154 valence electrons. The summed E-state index contributed by atoms with van der Waals surface area (Å²) in [4.78, 5) is 13.8. The highest BCUT2D eigenvalue weighted by Gasteiger charge is 2.43. The highest BCUT2D eigenvalue weighted by atomic mass is 15.2. The lowest BCUT2D eigenvalue weighted by Gasteiger charge is -2.43. The van der Waals surface area contributed by atoms with Crippen molar-refractivity contribution in [2.75, 3.05) is 9.80 Å². The van der Waals surface area contributed by atoms with Crippen molar-refractivity contribution in [3.05, 3.63) is 116 Å². The van der Waals surface area contributed by atoms with Crippen LogP contribution < -0.4 is 26.2 Å². The van der Waals surface area contributed by atoms with Crippen molar-refractivity contribution < 1.29 is 0 Å². The molecule has 0 amide bonds. The van der Waals surface area contributed by atoms with E-state index < -0.39 is 0 Å². The van der Waals surface area contributed by atoms with Gasteiger partial charge in [0.25, 0.3) is 6.71 Å². The van der Waals surface area contributed by atoms with Crippen LogP contribution in [-0.4, -0.2) is 16.7 Å². The van der Waals surface area contributed by atoms with Gasteiger partial charge in [-0.3, -0.25) is 9.97 Å². The predicted octanol–water partition coefficient (Wildman–Crippen LogP) is 4.56. The molecule has 0 atom stereocenters. The van der Waals surface area contributed by atoms with Gasteiger partial charge < -0.3 is 9.80 Å². The summed E-state index contributed by atoms with van der Waals surface area (Å²) < 4.78 is 0. The van der Waals surface area contributed by atoms with E-state index in [0.29, 0.717) is 0 Å². The molecule has 0 unspecified atom stereocenters. The van der Waals surface area contributed by atoms with Gasteiger partial charge in [-0.15, -0.1) is 0 Å². The zero-order chi connectivity index (χ0) is 21.8. The van der Waals surface area contributed by atoms with Crippen molar-refractivity contribution in [2.45, 2.75) is 0 Å². The van der Waals surface area contributed by atoms with E-state index in [4.69, 9.17) is 0 Å². The second kappa shape index (κ2) is 7.07. The van der Waals surface area contributed by atoms with Crippen molar-refractivity contribution >= 4 is 57.2 Å². The maximum absolute atomic E-state index is 4.54. The van der Waals surface area contributed by atoms with Gasteiger partial charge in [0.05, 0.1) is 0 Å². The van der Waals surface area contributed by atoms with Gasteiger partial charge >= 0.3 is 0 Å². The Morgan fingerprint density at radius 3 is 1.45 bits per heavy atom. The molecule has 0 saturated heterocycles. The zero-order valence-corrected chi connectivity index (χ0v) is 17.8. The lowest BCUT2D eigenvalue weighted by molar-refractivity contribution is 1.22. The highest BCUT2D eigenvalue weighted by molar-refractivity contribution is 7.00. The summed E-state index contributed by atoms with van der Waals surface area (Å²) in [5.74, 6) is 0. The van der Waals surface area contributed by atoms with Gasteiger partial charge in [-0.1, -0.05) is 42.5 Å². The van der Waals surface area contributed by atoms with Crippen molar-refractivity contribution in [2.24, 2.45) is 0 Å². The fraction of sp³-hybridized carbons (Fsp3) is 0. The van der Waals surface area contributed by atoms with E-state index in [1.165, 1.54) is 27.8 Å². The van der Waals surface area contributed by atoms with E-state index >= 15 is 0 Å². The molecule has 0 bridgehead atoms. The second-order valence-electron chi connectivity index (χ2n) is 8.35. The Morgan fingerprint density at radius 2 is 0.970 bits per heavy atom. The second-order valence-corrected chi connectivity index (χ2v) is 8.35. The van der Waals surface area contributed by atoms with Crippen LogP contribution >= 0.6 is 0 Å². The maximum atomic E-state index is 4.54. The quantitative estimate of drug-likeness (QED) is 0.383. The minimum absolute atomic E-state index is 0.0727. The molecule has 2 aliphatic heterocycles. The molecule has 0 radical (unpaired) electrons. The lowest BCUT2D eigenvalue weighted by Crippen LogP contribution is -2.61. The molecule has 4 nitrogen and oxygen atoms in total. The fourth-order valence-electron chi connectivity index (χ4n) is 5.33. The first-order valence-corrected chi connectivity index (χ1v) is 11.1. The molecule has 0 saturated carbocycles. The summed E-state index contributed by atoms with van der Waals surface area (Å²) in [6.07, 6.45) is 7.80. The number of aromatic nitrogens is 2. The lowest BCUT2D eigenvalue weighted by atomic mass is 9.34. The van der Waals surface area contributed by atoms with E-state index in [2.05, 4.69) is 111 Å². The molecule has 3 aromatic carbocycles. The number of rotatable bonds is 2. The fourth-order valence-corrected chi connectivity index (χ4v) is 5.33. The Bertz CT molecular complexity index is 1380. The number of nitrogens with zero attached hydrogens (tertiary/aromatic N) is 4. The summed E-state index contributed by atoms with van der Waals surface area (Å²) in [6, 6.07) is 32.0. The molecule has 2 aliphatic rings. The molecule has 0 aliphatic carbocycles.